The Hall–Kier alpha value is -1.03. The first-order chi connectivity index (χ1) is 11.3. The molecule has 0 fully saturated rings. The van der Waals surface area contributed by atoms with Gasteiger partial charge >= 0.3 is 29.6 Å². The molecule has 0 bridgehead atoms. The summed E-state index contributed by atoms with van der Waals surface area (Å²) in [5.74, 6) is -0.932. The maximum Gasteiger partial charge on any atom is 1.00 e. The average molecular weight is 330 g/mol. The van der Waals surface area contributed by atoms with Crippen molar-refractivity contribution in [3.05, 3.63) is 60.7 Å². The van der Waals surface area contributed by atoms with Gasteiger partial charge in [0.2, 0.25) is 6.71 Å². The molecule has 0 saturated carbocycles. The van der Waals surface area contributed by atoms with Crippen LogP contribution in [-0.4, -0.2) is 12.7 Å². The number of hydrogen-bond acceptors (Lipinski definition) is 2. The fourth-order valence-electron chi connectivity index (χ4n) is 3.04. The minimum atomic E-state index is -0.932. The van der Waals surface area contributed by atoms with Crippen LogP contribution in [0.25, 0.3) is 0 Å². The van der Waals surface area contributed by atoms with Crippen LogP contribution in [0.1, 0.15) is 38.5 Å². The molecule has 0 heterocycles. The molecule has 0 amide bonds. The monoisotopic (exact) mass is 330 g/mol. The molecule has 2 aromatic rings. The molecule has 0 aromatic heterocycles. The van der Waals surface area contributed by atoms with Crippen LogP contribution in [0.2, 0.25) is 6.32 Å². The van der Waals surface area contributed by atoms with Crippen molar-refractivity contribution in [3.8, 4) is 0 Å². The van der Waals surface area contributed by atoms with Crippen LogP contribution in [0.5, 0.6) is 0 Å². The summed E-state index contributed by atoms with van der Waals surface area (Å²) in [6, 6.07) is 21.3. The zero-order valence-electron chi connectivity index (χ0n) is 14.6. The van der Waals surface area contributed by atoms with Crippen LogP contribution in [0.15, 0.2) is 60.7 Å². The van der Waals surface area contributed by atoms with Gasteiger partial charge in [-0.05, 0) is 12.8 Å². The van der Waals surface area contributed by atoms with Crippen LogP contribution in [0, 0.1) is 0 Å². The second-order valence-corrected chi connectivity index (χ2v) is 6.05. The fourth-order valence-corrected chi connectivity index (χ4v) is 3.04. The zero-order chi connectivity index (χ0) is 16.3. The quantitative estimate of drug-likeness (QED) is 0.431. The zero-order valence-corrected chi connectivity index (χ0v) is 16.6. The van der Waals surface area contributed by atoms with Crippen molar-refractivity contribution in [2.24, 2.45) is 0 Å². The number of carbonyl (C=O) groups is 1. The van der Waals surface area contributed by atoms with E-state index in [1.165, 1.54) is 17.3 Å². The van der Waals surface area contributed by atoms with Crippen molar-refractivity contribution >= 4 is 23.6 Å². The van der Waals surface area contributed by atoms with Crippen molar-refractivity contribution in [1.82, 2.24) is 0 Å². The molecule has 0 unspecified atom stereocenters. The van der Waals surface area contributed by atoms with E-state index in [0.29, 0.717) is 6.71 Å². The summed E-state index contributed by atoms with van der Waals surface area (Å²) >= 11 is 0. The van der Waals surface area contributed by atoms with E-state index >= 15 is 0 Å². The number of carboxylic acid groups (broad SMARTS) is 1. The predicted molar refractivity (Wildman–Crippen MR) is 95.4 cm³/mol. The Balaban J connectivity index is 0.00000288. The third kappa shape index (κ3) is 7.70. The van der Waals surface area contributed by atoms with Crippen molar-refractivity contribution in [2.75, 3.05) is 0 Å². The first-order valence-corrected chi connectivity index (χ1v) is 8.57. The predicted octanol–water partition coefficient (Wildman–Crippen LogP) is -0.610. The van der Waals surface area contributed by atoms with E-state index in [2.05, 4.69) is 60.7 Å². The SMILES string of the molecule is O=C([O-])CCCCCCCB(c1ccccc1)c1ccccc1.[Na+]. The molecule has 2 nitrogen and oxygen atoms in total. The topological polar surface area (TPSA) is 40.1 Å². The smallest absolute Gasteiger partial charge is 0.550 e. The van der Waals surface area contributed by atoms with Gasteiger partial charge in [0.25, 0.3) is 0 Å². The molecule has 0 aliphatic heterocycles. The Morgan fingerprint density at radius 2 is 1.21 bits per heavy atom. The molecule has 0 N–H and O–H groups in total. The van der Waals surface area contributed by atoms with Crippen LogP contribution < -0.4 is 45.6 Å². The van der Waals surface area contributed by atoms with Crippen molar-refractivity contribution in [2.45, 2.75) is 44.8 Å². The van der Waals surface area contributed by atoms with Crippen LogP contribution >= 0.6 is 0 Å². The largest absolute Gasteiger partial charge is 1.00 e. The third-order valence-electron chi connectivity index (χ3n) is 4.28. The number of unbranched alkanes of at least 4 members (excludes halogenated alkanes) is 4. The first kappa shape index (κ1) is 21.0. The maximum absolute atomic E-state index is 10.4. The van der Waals surface area contributed by atoms with Crippen LogP contribution in [0.3, 0.4) is 0 Å². The Morgan fingerprint density at radius 1 is 0.750 bits per heavy atom. The van der Waals surface area contributed by atoms with Crippen molar-refractivity contribution < 1.29 is 39.5 Å². The molecule has 0 spiro atoms. The van der Waals surface area contributed by atoms with Gasteiger partial charge in [0.15, 0.2) is 0 Å². The number of benzene rings is 2. The van der Waals surface area contributed by atoms with Crippen LogP contribution in [-0.2, 0) is 4.79 Å². The summed E-state index contributed by atoms with van der Waals surface area (Å²) in [5.41, 5.74) is 2.74. The molecule has 0 atom stereocenters. The van der Waals surface area contributed by atoms with E-state index in [-0.39, 0.29) is 36.0 Å². The van der Waals surface area contributed by atoms with E-state index in [1.807, 2.05) is 0 Å². The Kier molecular flexibility index (Phi) is 10.8. The van der Waals surface area contributed by atoms with Gasteiger partial charge in [-0.2, -0.15) is 0 Å². The molecule has 0 radical (unpaired) electrons. The Labute approximate surface area is 168 Å². The molecule has 24 heavy (non-hydrogen) atoms. The summed E-state index contributed by atoms with van der Waals surface area (Å²) in [6.07, 6.45) is 6.47. The van der Waals surface area contributed by atoms with Crippen molar-refractivity contribution in [1.29, 1.82) is 0 Å². The average Bonchev–Trinajstić information content (AvgIpc) is 2.59. The number of rotatable bonds is 10. The maximum atomic E-state index is 10.4. The van der Waals surface area contributed by atoms with Gasteiger partial charge in [-0.25, -0.2) is 0 Å². The molecule has 0 saturated heterocycles. The van der Waals surface area contributed by atoms with Gasteiger partial charge in [-0.1, -0.05) is 104 Å². The Morgan fingerprint density at radius 3 is 1.71 bits per heavy atom. The second-order valence-electron chi connectivity index (χ2n) is 6.05. The van der Waals surface area contributed by atoms with Gasteiger partial charge < -0.3 is 9.90 Å². The number of carbonyl (C=O) groups excluding carboxylic acids is 1. The van der Waals surface area contributed by atoms with Gasteiger partial charge in [-0.15, -0.1) is 0 Å². The van der Waals surface area contributed by atoms with Gasteiger partial charge in [0.05, 0.1) is 0 Å². The summed E-state index contributed by atoms with van der Waals surface area (Å²) in [6.45, 7) is 0.445. The van der Waals surface area contributed by atoms with E-state index in [9.17, 15) is 9.90 Å². The minimum absolute atomic E-state index is 0. The van der Waals surface area contributed by atoms with E-state index < -0.39 is 5.97 Å². The summed E-state index contributed by atoms with van der Waals surface area (Å²) < 4.78 is 0. The first-order valence-electron chi connectivity index (χ1n) is 8.57. The van der Waals surface area contributed by atoms with E-state index in [1.54, 1.807) is 0 Å². The summed E-state index contributed by atoms with van der Waals surface area (Å²) in [4.78, 5) is 10.4. The van der Waals surface area contributed by atoms with E-state index in [4.69, 9.17) is 0 Å². The number of carboxylic acids is 1. The number of hydrogen-bond donors (Lipinski definition) is 0. The third-order valence-corrected chi connectivity index (χ3v) is 4.28. The molecule has 2 rings (SSSR count). The number of aliphatic carboxylic acids is 1. The van der Waals surface area contributed by atoms with Gasteiger partial charge in [-0.3, -0.25) is 0 Å². The standard InChI is InChI=1S/C20H25BO2.Na/c22-20(23)16-10-2-1-3-11-17-21(18-12-6-4-7-13-18)19-14-8-5-9-15-19;/h4-9,12-15H,1-3,10-11,16-17H2,(H,22,23);/q;+1/p-1. The minimum Gasteiger partial charge on any atom is -0.550 e. The summed E-state index contributed by atoms with van der Waals surface area (Å²) in [7, 11) is 0. The second kappa shape index (κ2) is 12.4. The molecular formula is C20H24BNaO2. The Bertz CT molecular complexity index is 535. The fraction of sp³-hybridized carbons (Fsp3) is 0.350. The van der Waals surface area contributed by atoms with Crippen LogP contribution in [0.4, 0.5) is 0 Å². The van der Waals surface area contributed by atoms with Gasteiger partial charge in [0.1, 0.15) is 0 Å². The molecular weight excluding hydrogens is 306 g/mol. The molecule has 120 valence electrons. The van der Waals surface area contributed by atoms with Gasteiger partial charge in [0, 0.05) is 5.97 Å². The molecule has 0 aliphatic carbocycles. The summed E-state index contributed by atoms with van der Waals surface area (Å²) in [5, 5.41) is 10.4. The molecule has 0 aliphatic rings. The molecule has 2 aromatic carbocycles. The normalized spacial score (nSPS) is 10.0. The van der Waals surface area contributed by atoms with Crippen molar-refractivity contribution in [3.63, 3.8) is 0 Å². The molecule has 4 heteroatoms. The van der Waals surface area contributed by atoms with E-state index in [0.717, 1.165) is 32.0 Å².